The summed E-state index contributed by atoms with van der Waals surface area (Å²) in [4.78, 5) is 10.5. The van der Waals surface area contributed by atoms with E-state index in [9.17, 15) is 8.42 Å². The van der Waals surface area contributed by atoms with Crippen LogP contribution in [0.1, 0.15) is 17.0 Å². The second-order valence-corrected chi connectivity index (χ2v) is 12.1. The van der Waals surface area contributed by atoms with Crippen molar-refractivity contribution in [1.82, 2.24) is 29.0 Å². The van der Waals surface area contributed by atoms with E-state index in [1.165, 1.54) is 11.8 Å². The van der Waals surface area contributed by atoms with Gasteiger partial charge in [0.25, 0.3) is 0 Å². The third kappa shape index (κ3) is 5.65. The van der Waals surface area contributed by atoms with Gasteiger partial charge in [-0.2, -0.15) is 9.40 Å². The van der Waals surface area contributed by atoms with Gasteiger partial charge in [0, 0.05) is 56.5 Å². The maximum Gasteiger partial charge on any atom is 0.211 e. The number of nitrogens with one attached hydrogen (secondary N) is 1. The molecule has 0 aliphatic carbocycles. The Morgan fingerprint density at radius 1 is 0.950 bits per heavy atom. The Kier molecular flexibility index (Phi) is 7.14. The van der Waals surface area contributed by atoms with Crippen LogP contribution < -0.4 is 4.74 Å². The predicted molar refractivity (Wildman–Crippen MR) is 156 cm³/mol. The number of hydrogen-bond acceptors (Lipinski definition) is 6. The first-order valence-electron chi connectivity index (χ1n) is 13.3. The molecule has 0 amide bonds. The molecule has 0 radical (unpaired) electrons. The minimum atomic E-state index is -3.11. The topological polar surface area (TPSA) is 96.3 Å². The van der Waals surface area contributed by atoms with E-state index >= 15 is 0 Å². The van der Waals surface area contributed by atoms with E-state index < -0.39 is 10.0 Å². The van der Waals surface area contributed by atoms with Crippen LogP contribution in [-0.2, 0) is 23.0 Å². The second-order valence-electron chi connectivity index (χ2n) is 10.2. The molecule has 0 spiro atoms. The van der Waals surface area contributed by atoms with Crippen molar-refractivity contribution < 1.29 is 13.2 Å². The second kappa shape index (κ2) is 10.9. The number of ether oxygens (including phenoxy) is 1. The number of imidazole rings is 1. The standard InChI is InChI=1S/C30H32N6O3S/c1-39-29-6-4-3-5-24(29)20-30-31-27-12-9-23(19-28(27)32-30)26-13-14-36(33-26)25-10-7-22(8-11-25)21-34-15-17-35(18-16-34)40(2,37)38/h3-14,19H,15-18,20-21H2,1-2H3,(H,31,32). The van der Waals surface area contributed by atoms with Gasteiger partial charge in [-0.15, -0.1) is 0 Å². The van der Waals surface area contributed by atoms with Crippen LogP contribution in [0.2, 0.25) is 0 Å². The highest BCUT2D eigenvalue weighted by Gasteiger charge is 2.23. The zero-order valence-electron chi connectivity index (χ0n) is 22.6. The molecule has 0 saturated carbocycles. The largest absolute Gasteiger partial charge is 0.496 e. The lowest BCUT2D eigenvalue weighted by Gasteiger charge is -2.33. The molecule has 206 valence electrons. The number of methoxy groups -OCH3 is 1. The number of hydrogen-bond donors (Lipinski definition) is 1. The van der Waals surface area contributed by atoms with Gasteiger partial charge >= 0.3 is 0 Å². The zero-order chi connectivity index (χ0) is 27.7. The average molecular weight is 557 g/mol. The Balaban J connectivity index is 1.13. The molecule has 1 aliphatic rings. The van der Waals surface area contributed by atoms with Gasteiger partial charge in [-0.1, -0.05) is 36.4 Å². The maximum absolute atomic E-state index is 11.7. The predicted octanol–water partition coefficient (Wildman–Crippen LogP) is 4.09. The number of aromatic nitrogens is 4. The molecule has 3 heterocycles. The Morgan fingerprint density at radius 3 is 2.48 bits per heavy atom. The molecule has 5 aromatic rings. The lowest BCUT2D eigenvalue weighted by Crippen LogP contribution is -2.47. The Morgan fingerprint density at radius 2 is 1.73 bits per heavy atom. The number of fused-ring (bicyclic) bond motifs is 1. The molecule has 0 atom stereocenters. The Bertz CT molecular complexity index is 1730. The summed E-state index contributed by atoms with van der Waals surface area (Å²) in [6, 6.07) is 24.5. The molecular weight excluding hydrogens is 524 g/mol. The summed E-state index contributed by atoms with van der Waals surface area (Å²) in [5.74, 6) is 1.74. The number of para-hydroxylation sites is 1. The van der Waals surface area contributed by atoms with Crippen LogP contribution in [0.15, 0.2) is 79.0 Å². The molecule has 10 heteroatoms. The first-order chi connectivity index (χ1) is 19.4. The van der Waals surface area contributed by atoms with Crippen LogP contribution in [-0.4, -0.2) is 76.9 Å². The normalized spacial score (nSPS) is 15.1. The monoisotopic (exact) mass is 556 g/mol. The van der Waals surface area contributed by atoms with E-state index in [-0.39, 0.29) is 0 Å². The van der Waals surface area contributed by atoms with Gasteiger partial charge in [0.2, 0.25) is 10.0 Å². The molecule has 0 bridgehead atoms. The fourth-order valence-corrected chi connectivity index (χ4v) is 6.01. The van der Waals surface area contributed by atoms with Crippen LogP contribution in [0, 0.1) is 0 Å². The molecule has 1 saturated heterocycles. The van der Waals surface area contributed by atoms with Crippen LogP contribution in [0.5, 0.6) is 5.75 Å². The summed E-state index contributed by atoms with van der Waals surface area (Å²) in [7, 11) is -1.43. The van der Waals surface area contributed by atoms with Gasteiger partial charge in [-0.3, -0.25) is 4.90 Å². The lowest BCUT2D eigenvalue weighted by molar-refractivity contribution is 0.182. The van der Waals surface area contributed by atoms with Crippen molar-refractivity contribution in [1.29, 1.82) is 0 Å². The van der Waals surface area contributed by atoms with Crippen molar-refractivity contribution in [3.05, 3.63) is 95.9 Å². The zero-order valence-corrected chi connectivity index (χ0v) is 23.4. The van der Waals surface area contributed by atoms with E-state index in [1.54, 1.807) is 11.4 Å². The quantitative estimate of drug-likeness (QED) is 0.309. The average Bonchev–Trinajstić information content (AvgIpc) is 3.60. The van der Waals surface area contributed by atoms with E-state index in [2.05, 4.69) is 52.3 Å². The van der Waals surface area contributed by atoms with Crippen molar-refractivity contribution >= 4 is 21.1 Å². The number of piperazine rings is 1. The summed E-state index contributed by atoms with van der Waals surface area (Å²) in [5, 5.41) is 4.82. The summed E-state index contributed by atoms with van der Waals surface area (Å²) < 4.78 is 32.4. The molecular formula is C30H32N6O3S. The molecule has 3 aromatic carbocycles. The van der Waals surface area contributed by atoms with Gasteiger partial charge in [-0.25, -0.2) is 18.1 Å². The number of aromatic amines is 1. The molecule has 1 N–H and O–H groups in total. The highest BCUT2D eigenvalue weighted by atomic mass is 32.2. The van der Waals surface area contributed by atoms with Gasteiger partial charge in [0.15, 0.2) is 0 Å². The van der Waals surface area contributed by atoms with Crippen molar-refractivity contribution in [3.63, 3.8) is 0 Å². The summed E-state index contributed by atoms with van der Waals surface area (Å²) in [5.41, 5.74) is 7.05. The first kappa shape index (κ1) is 26.2. The van der Waals surface area contributed by atoms with E-state index in [0.29, 0.717) is 19.5 Å². The fraction of sp³-hybridized carbons (Fsp3) is 0.267. The fourth-order valence-electron chi connectivity index (χ4n) is 5.19. The number of benzene rings is 3. The highest BCUT2D eigenvalue weighted by molar-refractivity contribution is 7.88. The summed E-state index contributed by atoms with van der Waals surface area (Å²) in [6.45, 7) is 3.35. The van der Waals surface area contributed by atoms with Crippen molar-refractivity contribution in [3.8, 4) is 22.7 Å². The minimum absolute atomic E-state index is 0.542. The van der Waals surface area contributed by atoms with Gasteiger partial charge in [0.05, 0.1) is 35.8 Å². The van der Waals surface area contributed by atoms with Crippen LogP contribution in [0.3, 0.4) is 0 Å². The van der Waals surface area contributed by atoms with Crippen LogP contribution >= 0.6 is 0 Å². The Hall–Kier alpha value is -3.99. The number of rotatable bonds is 8. The molecule has 2 aromatic heterocycles. The van der Waals surface area contributed by atoms with Crippen molar-refractivity contribution in [2.45, 2.75) is 13.0 Å². The maximum atomic E-state index is 11.7. The molecule has 1 aliphatic heterocycles. The number of nitrogens with zero attached hydrogens (tertiary/aromatic N) is 5. The lowest BCUT2D eigenvalue weighted by atomic mass is 10.1. The van der Waals surface area contributed by atoms with Gasteiger partial charge in [0.1, 0.15) is 11.6 Å². The SMILES string of the molecule is COc1ccccc1Cc1nc2ccc(-c3ccn(-c4ccc(CN5CCN(S(C)(=O)=O)CC5)cc4)n3)cc2[nH]1. The third-order valence-electron chi connectivity index (χ3n) is 7.37. The van der Waals surface area contributed by atoms with Gasteiger partial charge < -0.3 is 9.72 Å². The van der Waals surface area contributed by atoms with Crippen LogP contribution in [0.25, 0.3) is 28.0 Å². The molecule has 9 nitrogen and oxygen atoms in total. The van der Waals surface area contributed by atoms with Gasteiger partial charge in [-0.05, 0) is 42.0 Å². The summed E-state index contributed by atoms with van der Waals surface area (Å²) in [6.07, 6.45) is 3.91. The third-order valence-corrected chi connectivity index (χ3v) is 8.68. The van der Waals surface area contributed by atoms with E-state index in [1.807, 2.05) is 41.2 Å². The number of H-pyrrole nitrogens is 1. The smallest absolute Gasteiger partial charge is 0.211 e. The highest BCUT2D eigenvalue weighted by Crippen LogP contribution is 2.25. The van der Waals surface area contributed by atoms with Crippen molar-refractivity contribution in [2.75, 3.05) is 39.5 Å². The van der Waals surface area contributed by atoms with Crippen LogP contribution in [0.4, 0.5) is 0 Å². The molecule has 6 rings (SSSR count). The minimum Gasteiger partial charge on any atom is -0.496 e. The Labute approximate surface area is 234 Å². The van der Waals surface area contributed by atoms with E-state index in [0.717, 1.165) is 64.7 Å². The summed E-state index contributed by atoms with van der Waals surface area (Å²) >= 11 is 0. The number of sulfonamides is 1. The molecule has 0 unspecified atom stereocenters. The first-order valence-corrected chi connectivity index (χ1v) is 15.1. The molecule has 1 fully saturated rings. The van der Waals surface area contributed by atoms with E-state index in [4.69, 9.17) is 14.8 Å². The van der Waals surface area contributed by atoms with Crippen molar-refractivity contribution in [2.24, 2.45) is 0 Å². The molecule has 40 heavy (non-hydrogen) atoms.